The third-order valence-corrected chi connectivity index (χ3v) is 4.81. The first-order valence-corrected chi connectivity index (χ1v) is 9.55. The molecular formula is C22H28N2O2. The van der Waals surface area contributed by atoms with Gasteiger partial charge in [0.05, 0.1) is 6.61 Å². The molecule has 0 aromatic heterocycles. The Hall–Kier alpha value is -2.33. The van der Waals surface area contributed by atoms with Crippen LogP contribution in [0, 0.1) is 0 Å². The first-order chi connectivity index (χ1) is 12.8. The molecule has 0 spiro atoms. The Morgan fingerprint density at radius 3 is 2.81 bits per heavy atom. The van der Waals surface area contributed by atoms with E-state index in [9.17, 15) is 4.79 Å². The van der Waals surface area contributed by atoms with Crippen molar-refractivity contribution in [1.29, 1.82) is 0 Å². The van der Waals surface area contributed by atoms with Crippen LogP contribution in [0.25, 0.3) is 0 Å². The lowest BCUT2D eigenvalue weighted by molar-refractivity contribution is -0.116. The Morgan fingerprint density at radius 2 is 2.00 bits per heavy atom. The summed E-state index contributed by atoms with van der Waals surface area (Å²) in [6, 6.07) is 16.5. The van der Waals surface area contributed by atoms with Crippen molar-refractivity contribution in [2.75, 3.05) is 36.5 Å². The molecule has 3 rings (SSSR count). The lowest BCUT2D eigenvalue weighted by Gasteiger charge is -2.17. The number of carbonyl (C=O) groups is 1. The van der Waals surface area contributed by atoms with E-state index in [0.717, 1.165) is 38.0 Å². The number of carbonyl (C=O) groups excluding carboxylic acids is 1. The van der Waals surface area contributed by atoms with Crippen LogP contribution in [0.4, 0.5) is 11.4 Å². The summed E-state index contributed by atoms with van der Waals surface area (Å²) < 4.78 is 5.64. The van der Waals surface area contributed by atoms with Gasteiger partial charge in [-0.1, -0.05) is 36.4 Å². The number of ether oxygens (including phenoxy) is 1. The van der Waals surface area contributed by atoms with E-state index in [1.54, 1.807) is 0 Å². The van der Waals surface area contributed by atoms with Crippen molar-refractivity contribution in [3.63, 3.8) is 0 Å². The number of fused-ring (bicyclic) bond motifs is 1. The number of nitrogens with one attached hydrogen (secondary N) is 1. The van der Waals surface area contributed by atoms with Crippen molar-refractivity contribution in [3.05, 3.63) is 59.7 Å². The molecule has 138 valence electrons. The second-order valence-electron chi connectivity index (χ2n) is 6.67. The van der Waals surface area contributed by atoms with Gasteiger partial charge >= 0.3 is 0 Å². The van der Waals surface area contributed by atoms with E-state index in [0.29, 0.717) is 19.6 Å². The van der Waals surface area contributed by atoms with Crippen LogP contribution in [0.1, 0.15) is 30.9 Å². The summed E-state index contributed by atoms with van der Waals surface area (Å²) >= 11 is 0. The fourth-order valence-corrected chi connectivity index (χ4v) is 3.35. The fourth-order valence-electron chi connectivity index (χ4n) is 3.35. The Kier molecular flexibility index (Phi) is 6.67. The first kappa shape index (κ1) is 18.5. The van der Waals surface area contributed by atoms with Crippen LogP contribution in [0.2, 0.25) is 0 Å². The molecule has 1 N–H and O–H groups in total. The van der Waals surface area contributed by atoms with Gasteiger partial charge in [0.2, 0.25) is 5.91 Å². The average Bonchev–Trinajstić information content (AvgIpc) is 3.07. The van der Waals surface area contributed by atoms with Gasteiger partial charge in [-0.25, -0.2) is 0 Å². The van der Waals surface area contributed by atoms with Gasteiger partial charge in [-0.3, -0.25) is 4.79 Å². The Labute approximate surface area is 156 Å². The summed E-state index contributed by atoms with van der Waals surface area (Å²) in [5, 5.41) is 3.01. The van der Waals surface area contributed by atoms with Gasteiger partial charge in [-0.15, -0.1) is 0 Å². The summed E-state index contributed by atoms with van der Waals surface area (Å²) in [6.07, 6.45) is 3.24. The molecule has 26 heavy (non-hydrogen) atoms. The number of rotatable bonds is 9. The van der Waals surface area contributed by atoms with Crippen LogP contribution >= 0.6 is 0 Å². The van der Waals surface area contributed by atoms with Crippen LogP contribution < -0.4 is 10.2 Å². The minimum Gasteiger partial charge on any atom is -0.381 e. The zero-order valence-corrected chi connectivity index (χ0v) is 15.5. The van der Waals surface area contributed by atoms with Gasteiger partial charge in [-0.05, 0) is 49.4 Å². The molecule has 2 aromatic carbocycles. The maximum Gasteiger partial charge on any atom is 0.224 e. The molecule has 1 aliphatic heterocycles. The minimum absolute atomic E-state index is 0.0534. The third-order valence-electron chi connectivity index (χ3n) is 4.81. The molecule has 4 heteroatoms. The zero-order chi connectivity index (χ0) is 18.2. The predicted molar refractivity (Wildman–Crippen MR) is 107 cm³/mol. The van der Waals surface area contributed by atoms with Crippen LogP contribution in [-0.2, 0) is 22.4 Å². The predicted octanol–water partition coefficient (Wildman–Crippen LogP) is 4.05. The van der Waals surface area contributed by atoms with Crippen LogP contribution in [0.3, 0.4) is 0 Å². The van der Waals surface area contributed by atoms with E-state index in [2.05, 4.69) is 41.4 Å². The normalized spacial score (nSPS) is 12.9. The Balaban J connectivity index is 1.34. The number of benzene rings is 2. The SMILES string of the molecule is CCN1CCc2ccc(NC(=O)CCCOCCc3ccccc3)cc21. The van der Waals surface area contributed by atoms with E-state index in [1.807, 2.05) is 24.3 Å². The number of amides is 1. The van der Waals surface area contributed by atoms with Gasteiger partial charge in [0, 0.05) is 37.5 Å². The quantitative estimate of drug-likeness (QED) is 0.692. The summed E-state index contributed by atoms with van der Waals surface area (Å²) in [5.74, 6) is 0.0534. The lowest BCUT2D eigenvalue weighted by atomic mass is 10.1. The maximum atomic E-state index is 12.1. The molecule has 2 aromatic rings. The summed E-state index contributed by atoms with van der Waals surface area (Å²) in [7, 11) is 0. The molecule has 0 saturated heterocycles. The molecular weight excluding hydrogens is 324 g/mol. The lowest BCUT2D eigenvalue weighted by Crippen LogP contribution is -2.19. The van der Waals surface area contributed by atoms with Crippen molar-refractivity contribution in [2.45, 2.75) is 32.6 Å². The van der Waals surface area contributed by atoms with Crippen LogP contribution in [-0.4, -0.2) is 32.2 Å². The van der Waals surface area contributed by atoms with E-state index >= 15 is 0 Å². The van der Waals surface area contributed by atoms with Crippen molar-refractivity contribution >= 4 is 17.3 Å². The van der Waals surface area contributed by atoms with Crippen LogP contribution in [0.5, 0.6) is 0 Å². The smallest absolute Gasteiger partial charge is 0.224 e. The summed E-state index contributed by atoms with van der Waals surface area (Å²) in [6.45, 7) is 5.56. The number of hydrogen-bond donors (Lipinski definition) is 1. The summed E-state index contributed by atoms with van der Waals surface area (Å²) in [5.41, 5.74) is 4.80. The monoisotopic (exact) mass is 352 g/mol. The highest BCUT2D eigenvalue weighted by atomic mass is 16.5. The maximum absolute atomic E-state index is 12.1. The molecule has 0 bridgehead atoms. The Bertz CT molecular complexity index is 715. The zero-order valence-electron chi connectivity index (χ0n) is 15.5. The third kappa shape index (κ3) is 5.09. The molecule has 0 aliphatic carbocycles. The van der Waals surface area contributed by atoms with Gasteiger partial charge in [-0.2, -0.15) is 0 Å². The van der Waals surface area contributed by atoms with Crippen molar-refractivity contribution in [2.24, 2.45) is 0 Å². The Morgan fingerprint density at radius 1 is 1.15 bits per heavy atom. The van der Waals surface area contributed by atoms with Crippen molar-refractivity contribution in [1.82, 2.24) is 0 Å². The average molecular weight is 352 g/mol. The number of likely N-dealkylation sites (N-methyl/N-ethyl adjacent to an activating group) is 1. The number of hydrogen-bond acceptors (Lipinski definition) is 3. The van der Waals surface area contributed by atoms with Gasteiger partial charge < -0.3 is 15.0 Å². The van der Waals surface area contributed by atoms with Gasteiger partial charge in [0.15, 0.2) is 0 Å². The topological polar surface area (TPSA) is 41.6 Å². The largest absolute Gasteiger partial charge is 0.381 e. The number of nitrogens with zero attached hydrogens (tertiary/aromatic N) is 1. The van der Waals surface area contributed by atoms with E-state index in [1.165, 1.54) is 16.8 Å². The molecule has 4 nitrogen and oxygen atoms in total. The highest BCUT2D eigenvalue weighted by Gasteiger charge is 2.18. The fraction of sp³-hybridized carbons (Fsp3) is 0.409. The molecule has 1 amide bonds. The van der Waals surface area contributed by atoms with E-state index in [-0.39, 0.29) is 5.91 Å². The second kappa shape index (κ2) is 9.39. The molecule has 1 heterocycles. The second-order valence-corrected chi connectivity index (χ2v) is 6.67. The molecule has 0 saturated carbocycles. The highest BCUT2D eigenvalue weighted by Crippen LogP contribution is 2.30. The van der Waals surface area contributed by atoms with E-state index < -0.39 is 0 Å². The van der Waals surface area contributed by atoms with E-state index in [4.69, 9.17) is 4.74 Å². The standard InChI is InChI=1S/C22H28N2O2/c1-2-24-14-12-19-10-11-20(17-21(19)24)23-22(25)9-6-15-26-16-13-18-7-4-3-5-8-18/h3-5,7-8,10-11,17H,2,6,9,12-16H2,1H3,(H,23,25). The van der Waals surface area contributed by atoms with Crippen molar-refractivity contribution < 1.29 is 9.53 Å². The van der Waals surface area contributed by atoms with Crippen molar-refractivity contribution in [3.8, 4) is 0 Å². The number of anilines is 2. The molecule has 0 fully saturated rings. The van der Waals surface area contributed by atoms with Crippen LogP contribution in [0.15, 0.2) is 48.5 Å². The molecule has 0 unspecified atom stereocenters. The van der Waals surface area contributed by atoms with Gasteiger partial charge in [0.25, 0.3) is 0 Å². The summed E-state index contributed by atoms with van der Waals surface area (Å²) in [4.78, 5) is 14.5. The molecule has 0 radical (unpaired) electrons. The highest BCUT2D eigenvalue weighted by molar-refractivity contribution is 5.91. The minimum atomic E-state index is 0.0534. The first-order valence-electron chi connectivity index (χ1n) is 9.55. The molecule has 1 aliphatic rings. The van der Waals surface area contributed by atoms with Gasteiger partial charge in [0.1, 0.15) is 0 Å². The molecule has 0 atom stereocenters.